The molecule has 0 unspecified atom stereocenters. The molecule has 2 aromatic heterocycles. The Labute approximate surface area is 177 Å². The highest BCUT2D eigenvalue weighted by atomic mass is 15.3. The fourth-order valence-electron chi connectivity index (χ4n) is 4.50. The first-order valence-electron chi connectivity index (χ1n) is 10.8. The van der Waals surface area contributed by atoms with E-state index in [4.69, 9.17) is 5.10 Å². The van der Waals surface area contributed by atoms with E-state index >= 15 is 0 Å². The summed E-state index contributed by atoms with van der Waals surface area (Å²) in [7, 11) is 0. The van der Waals surface area contributed by atoms with Crippen molar-refractivity contribution in [2.24, 2.45) is 5.92 Å². The second-order valence-corrected chi connectivity index (χ2v) is 8.17. The van der Waals surface area contributed by atoms with Gasteiger partial charge in [0.15, 0.2) is 5.82 Å². The molecule has 4 aromatic rings. The summed E-state index contributed by atoms with van der Waals surface area (Å²) in [6.07, 6.45) is 8.02. The van der Waals surface area contributed by atoms with Crippen LogP contribution >= 0.6 is 0 Å². The van der Waals surface area contributed by atoms with Crippen LogP contribution in [0.1, 0.15) is 29.7 Å². The number of hydrogen-bond donors (Lipinski definition) is 0. The highest BCUT2D eigenvalue weighted by Gasteiger charge is 2.22. The third-order valence-corrected chi connectivity index (χ3v) is 6.12. The smallest absolute Gasteiger partial charge is 0.159 e. The minimum atomic E-state index is 0.743. The number of rotatable bonds is 5. The fourth-order valence-corrected chi connectivity index (χ4v) is 4.50. The maximum absolute atomic E-state index is 4.69. The molecule has 0 bridgehead atoms. The number of benzene rings is 2. The highest BCUT2D eigenvalue weighted by Crippen LogP contribution is 2.30. The van der Waals surface area contributed by atoms with Gasteiger partial charge in [-0.2, -0.15) is 5.10 Å². The summed E-state index contributed by atoms with van der Waals surface area (Å²) in [5, 5.41) is 11.7. The zero-order valence-corrected chi connectivity index (χ0v) is 17.1. The highest BCUT2D eigenvalue weighted by molar-refractivity contribution is 5.93. The van der Waals surface area contributed by atoms with Gasteiger partial charge in [0.05, 0.1) is 5.69 Å². The standard InChI is InChI=1S/C26H26N4/c1-2-7-20(8-3-1)17-21-12-15-30(16-13-21)26-24-11-5-4-10-23(24)25(28-29-26)18-22-9-6-14-27-19-22/h1-11,14,19,21H,12-13,15-18H2. The second-order valence-electron chi connectivity index (χ2n) is 8.17. The molecule has 0 aliphatic carbocycles. The van der Waals surface area contributed by atoms with Crippen LogP contribution in [0.2, 0.25) is 0 Å². The van der Waals surface area contributed by atoms with Gasteiger partial charge in [-0.3, -0.25) is 4.98 Å². The van der Waals surface area contributed by atoms with Gasteiger partial charge in [-0.15, -0.1) is 5.10 Å². The van der Waals surface area contributed by atoms with Gasteiger partial charge in [0.25, 0.3) is 0 Å². The Hall–Kier alpha value is -3.27. The Morgan fingerprint density at radius 3 is 2.27 bits per heavy atom. The Morgan fingerprint density at radius 2 is 1.50 bits per heavy atom. The summed E-state index contributed by atoms with van der Waals surface area (Å²) in [6.45, 7) is 2.08. The average Bonchev–Trinajstić information content (AvgIpc) is 2.81. The van der Waals surface area contributed by atoms with E-state index in [0.717, 1.165) is 42.5 Å². The molecule has 4 nitrogen and oxygen atoms in total. The zero-order valence-electron chi connectivity index (χ0n) is 17.1. The van der Waals surface area contributed by atoms with Crippen molar-refractivity contribution in [2.75, 3.05) is 18.0 Å². The number of aromatic nitrogens is 3. The molecular formula is C26H26N4. The van der Waals surface area contributed by atoms with Gasteiger partial charge in [0, 0.05) is 42.7 Å². The van der Waals surface area contributed by atoms with Crippen molar-refractivity contribution in [1.29, 1.82) is 0 Å². The maximum Gasteiger partial charge on any atom is 0.159 e. The quantitative estimate of drug-likeness (QED) is 0.474. The monoisotopic (exact) mass is 394 g/mol. The van der Waals surface area contributed by atoms with E-state index in [1.807, 2.05) is 12.3 Å². The van der Waals surface area contributed by atoms with Crippen LogP contribution in [-0.4, -0.2) is 28.3 Å². The molecule has 0 spiro atoms. The molecule has 1 aliphatic rings. The molecule has 4 heteroatoms. The van der Waals surface area contributed by atoms with E-state index in [9.17, 15) is 0 Å². The largest absolute Gasteiger partial charge is 0.355 e. The van der Waals surface area contributed by atoms with E-state index in [1.165, 1.54) is 35.6 Å². The number of pyridine rings is 1. The normalized spacial score (nSPS) is 14.9. The lowest BCUT2D eigenvalue weighted by Gasteiger charge is -2.33. The first-order chi connectivity index (χ1) is 14.9. The van der Waals surface area contributed by atoms with Crippen LogP contribution < -0.4 is 4.90 Å². The van der Waals surface area contributed by atoms with Crippen LogP contribution in [0.15, 0.2) is 79.1 Å². The Morgan fingerprint density at radius 1 is 0.767 bits per heavy atom. The lowest BCUT2D eigenvalue weighted by molar-refractivity contribution is 0.402. The lowest BCUT2D eigenvalue weighted by atomic mass is 9.90. The van der Waals surface area contributed by atoms with Crippen LogP contribution in [0.4, 0.5) is 5.82 Å². The van der Waals surface area contributed by atoms with Gasteiger partial charge in [-0.25, -0.2) is 0 Å². The van der Waals surface area contributed by atoms with Gasteiger partial charge in [-0.05, 0) is 42.4 Å². The van der Waals surface area contributed by atoms with Gasteiger partial charge in [0.1, 0.15) is 0 Å². The fraction of sp³-hybridized carbons (Fsp3) is 0.269. The molecule has 5 rings (SSSR count). The summed E-state index contributed by atoms with van der Waals surface area (Å²) < 4.78 is 0. The minimum absolute atomic E-state index is 0.743. The van der Waals surface area contributed by atoms with Crippen molar-refractivity contribution >= 4 is 16.6 Å². The molecule has 1 fully saturated rings. The molecule has 1 saturated heterocycles. The number of fused-ring (bicyclic) bond motifs is 1. The maximum atomic E-state index is 4.69. The average molecular weight is 395 g/mol. The number of piperidine rings is 1. The SMILES string of the molecule is c1ccc(CC2CCN(c3nnc(Cc4cccnc4)c4ccccc34)CC2)cc1. The molecule has 3 heterocycles. The summed E-state index contributed by atoms with van der Waals surface area (Å²) in [5.41, 5.74) is 3.62. The number of nitrogens with zero attached hydrogens (tertiary/aromatic N) is 4. The molecule has 0 amide bonds. The van der Waals surface area contributed by atoms with E-state index < -0.39 is 0 Å². The third kappa shape index (κ3) is 4.04. The Bertz CT molecular complexity index is 1100. The number of hydrogen-bond acceptors (Lipinski definition) is 4. The molecular weight excluding hydrogens is 368 g/mol. The zero-order chi connectivity index (χ0) is 20.2. The molecule has 30 heavy (non-hydrogen) atoms. The van der Waals surface area contributed by atoms with E-state index in [-0.39, 0.29) is 0 Å². The van der Waals surface area contributed by atoms with Crippen molar-refractivity contribution in [3.05, 3.63) is 95.9 Å². The third-order valence-electron chi connectivity index (χ3n) is 6.12. The molecule has 1 aliphatic heterocycles. The van der Waals surface area contributed by atoms with Crippen molar-refractivity contribution in [1.82, 2.24) is 15.2 Å². The minimum Gasteiger partial charge on any atom is -0.355 e. The van der Waals surface area contributed by atoms with Crippen molar-refractivity contribution in [2.45, 2.75) is 25.7 Å². The van der Waals surface area contributed by atoms with E-state index in [2.05, 4.69) is 75.6 Å². The first-order valence-corrected chi connectivity index (χ1v) is 10.8. The lowest BCUT2D eigenvalue weighted by Crippen LogP contribution is -2.35. The summed E-state index contributed by atoms with van der Waals surface area (Å²) in [5.74, 6) is 1.77. The van der Waals surface area contributed by atoms with E-state index in [0.29, 0.717) is 0 Å². The predicted molar refractivity (Wildman–Crippen MR) is 122 cm³/mol. The molecule has 2 aromatic carbocycles. The van der Waals surface area contributed by atoms with Crippen LogP contribution in [0.3, 0.4) is 0 Å². The van der Waals surface area contributed by atoms with Crippen LogP contribution in [0.25, 0.3) is 10.8 Å². The van der Waals surface area contributed by atoms with E-state index in [1.54, 1.807) is 6.20 Å². The predicted octanol–water partition coefficient (Wildman–Crippen LogP) is 5.07. The summed E-state index contributed by atoms with van der Waals surface area (Å²) >= 11 is 0. The second kappa shape index (κ2) is 8.62. The van der Waals surface area contributed by atoms with Gasteiger partial charge in [0.2, 0.25) is 0 Å². The van der Waals surface area contributed by atoms with Crippen molar-refractivity contribution in [3.8, 4) is 0 Å². The molecule has 150 valence electrons. The van der Waals surface area contributed by atoms with Crippen LogP contribution in [0.5, 0.6) is 0 Å². The van der Waals surface area contributed by atoms with Crippen molar-refractivity contribution < 1.29 is 0 Å². The van der Waals surface area contributed by atoms with Crippen LogP contribution in [0, 0.1) is 5.92 Å². The number of anilines is 1. The summed E-state index contributed by atoms with van der Waals surface area (Å²) in [4.78, 5) is 6.65. The molecule has 0 saturated carbocycles. The Kier molecular flexibility index (Phi) is 5.38. The van der Waals surface area contributed by atoms with Gasteiger partial charge < -0.3 is 4.90 Å². The Balaban J connectivity index is 1.35. The van der Waals surface area contributed by atoms with Gasteiger partial charge >= 0.3 is 0 Å². The molecule has 0 atom stereocenters. The first kappa shape index (κ1) is 18.7. The van der Waals surface area contributed by atoms with Crippen molar-refractivity contribution in [3.63, 3.8) is 0 Å². The molecule has 0 N–H and O–H groups in total. The summed E-state index contributed by atoms with van der Waals surface area (Å²) in [6, 6.07) is 23.5. The topological polar surface area (TPSA) is 41.9 Å². The van der Waals surface area contributed by atoms with Crippen LogP contribution in [-0.2, 0) is 12.8 Å². The molecule has 0 radical (unpaired) electrons. The van der Waals surface area contributed by atoms with Gasteiger partial charge in [-0.1, -0.05) is 60.7 Å².